The Kier molecular flexibility index (Phi) is 8.88. The molecule has 3 aromatic rings. The Morgan fingerprint density at radius 1 is 1.10 bits per heavy atom. The number of carbonyl (C=O) groups excluding carboxylic acids is 4. The fourth-order valence-corrected chi connectivity index (χ4v) is 4.07. The number of amides is 4. The van der Waals surface area contributed by atoms with Crippen LogP contribution in [0.15, 0.2) is 71.3 Å². The first-order chi connectivity index (χ1) is 19.7. The Morgan fingerprint density at radius 2 is 1.85 bits per heavy atom. The first kappa shape index (κ1) is 28.7. The van der Waals surface area contributed by atoms with Crippen molar-refractivity contribution in [2.45, 2.75) is 19.9 Å². The van der Waals surface area contributed by atoms with Gasteiger partial charge in [0.2, 0.25) is 5.76 Å². The molecule has 1 aliphatic heterocycles. The minimum atomic E-state index is -0.669. The molecule has 1 aromatic heterocycles. The van der Waals surface area contributed by atoms with Crippen LogP contribution in [0.5, 0.6) is 11.5 Å². The van der Waals surface area contributed by atoms with Crippen molar-refractivity contribution in [2.75, 3.05) is 26.1 Å². The van der Waals surface area contributed by atoms with Gasteiger partial charge in [-0.1, -0.05) is 23.8 Å². The van der Waals surface area contributed by atoms with E-state index in [0.29, 0.717) is 34.7 Å². The molecule has 4 rings (SSSR count). The van der Waals surface area contributed by atoms with E-state index in [-0.39, 0.29) is 36.3 Å². The van der Waals surface area contributed by atoms with Crippen LogP contribution in [-0.2, 0) is 27.3 Å². The molecule has 1 aliphatic rings. The summed E-state index contributed by atoms with van der Waals surface area (Å²) in [4.78, 5) is 50.7. The van der Waals surface area contributed by atoms with E-state index in [9.17, 15) is 19.2 Å². The van der Waals surface area contributed by atoms with E-state index in [0.717, 1.165) is 10.5 Å². The number of benzene rings is 2. The van der Waals surface area contributed by atoms with Gasteiger partial charge in [0.1, 0.15) is 11.5 Å². The minimum Gasteiger partial charge on any atom is -0.493 e. The number of anilines is 1. The molecule has 2 N–H and O–H groups in total. The Bertz CT molecular complexity index is 1520. The molecule has 0 saturated carbocycles. The minimum absolute atomic E-state index is 0.0347. The zero-order valence-electron chi connectivity index (χ0n) is 22.8. The molecule has 0 atom stereocenters. The molecule has 0 unspecified atom stereocenters. The van der Waals surface area contributed by atoms with Gasteiger partial charge in [0.15, 0.2) is 18.1 Å². The lowest BCUT2D eigenvalue weighted by Crippen LogP contribution is -2.30. The second kappa shape index (κ2) is 12.7. The number of nitrogens with one attached hydrogen (secondary N) is 2. The fourth-order valence-electron chi connectivity index (χ4n) is 4.07. The summed E-state index contributed by atoms with van der Waals surface area (Å²) in [7, 11) is 2.68. The fraction of sp³-hybridized carbons (Fsp3) is 0.200. The van der Waals surface area contributed by atoms with Crippen LogP contribution in [0, 0.1) is 6.92 Å². The van der Waals surface area contributed by atoms with Crippen molar-refractivity contribution in [3.8, 4) is 11.5 Å². The molecule has 4 amide bonds. The highest BCUT2D eigenvalue weighted by molar-refractivity contribution is 6.13. The predicted molar refractivity (Wildman–Crippen MR) is 149 cm³/mol. The molecule has 0 bridgehead atoms. The highest BCUT2D eigenvalue weighted by Crippen LogP contribution is 2.34. The zero-order valence-corrected chi connectivity index (χ0v) is 22.8. The number of esters is 1. The van der Waals surface area contributed by atoms with Crippen molar-refractivity contribution in [2.24, 2.45) is 0 Å². The molecule has 11 heteroatoms. The molecule has 2 aromatic carbocycles. The molecule has 2 heterocycles. The van der Waals surface area contributed by atoms with Gasteiger partial charge in [-0.3, -0.25) is 14.5 Å². The number of furan rings is 1. The molecule has 41 heavy (non-hydrogen) atoms. The monoisotopic (exact) mass is 559 g/mol. The first-order valence-electron chi connectivity index (χ1n) is 12.5. The summed E-state index contributed by atoms with van der Waals surface area (Å²) >= 11 is 0. The van der Waals surface area contributed by atoms with Gasteiger partial charge in [0.25, 0.3) is 11.8 Å². The molecule has 0 spiro atoms. The molecule has 1 saturated heterocycles. The second-order valence-corrected chi connectivity index (χ2v) is 9.04. The van der Waals surface area contributed by atoms with Crippen LogP contribution < -0.4 is 20.1 Å². The van der Waals surface area contributed by atoms with Crippen LogP contribution in [-0.4, -0.2) is 49.5 Å². The van der Waals surface area contributed by atoms with E-state index in [1.807, 2.05) is 19.1 Å². The highest BCUT2D eigenvalue weighted by Gasteiger charge is 2.34. The summed E-state index contributed by atoms with van der Waals surface area (Å²) < 4.78 is 21.4. The van der Waals surface area contributed by atoms with Crippen molar-refractivity contribution in [3.05, 3.63) is 95.1 Å². The lowest BCUT2D eigenvalue weighted by molar-refractivity contribution is -0.123. The van der Waals surface area contributed by atoms with Crippen molar-refractivity contribution in [3.63, 3.8) is 0 Å². The average molecular weight is 560 g/mol. The van der Waals surface area contributed by atoms with E-state index in [4.69, 9.17) is 13.9 Å². The van der Waals surface area contributed by atoms with Gasteiger partial charge in [-0.2, -0.15) is 0 Å². The zero-order chi connectivity index (χ0) is 29.5. The van der Waals surface area contributed by atoms with E-state index < -0.39 is 17.9 Å². The number of hydrogen-bond acceptors (Lipinski definition) is 8. The van der Waals surface area contributed by atoms with Crippen LogP contribution in [0.2, 0.25) is 0 Å². The standard InChI is InChI=1S/C30H29N3O8/c1-5-6-20-13-19(15-25(38-3)27(20)40-17-26(34)31-21-9-7-18(2)8-10-21)14-23-28(35)33(30(37)32-23)16-22-11-12-24(41-22)29(36)39-4/h5,7-15H,1,6,16-17H2,2-4H3,(H,31,34)(H,32,37)/b23-14-. The Labute approximate surface area is 236 Å². The number of hydrogen-bond donors (Lipinski definition) is 2. The van der Waals surface area contributed by atoms with Gasteiger partial charge in [-0.15, -0.1) is 6.58 Å². The summed E-state index contributed by atoms with van der Waals surface area (Å²) in [6.45, 7) is 5.30. The van der Waals surface area contributed by atoms with E-state index in [2.05, 4.69) is 21.9 Å². The van der Waals surface area contributed by atoms with Crippen LogP contribution >= 0.6 is 0 Å². The van der Waals surface area contributed by atoms with Crippen molar-refractivity contribution < 1.29 is 37.8 Å². The van der Waals surface area contributed by atoms with Gasteiger partial charge in [0, 0.05) is 11.3 Å². The summed E-state index contributed by atoms with van der Waals surface area (Å²) in [6, 6.07) is 13.0. The number of methoxy groups -OCH3 is 2. The number of carbonyl (C=O) groups is 4. The molecular weight excluding hydrogens is 530 g/mol. The molecular formula is C30H29N3O8. The quantitative estimate of drug-likeness (QED) is 0.154. The van der Waals surface area contributed by atoms with Crippen LogP contribution in [0.4, 0.5) is 10.5 Å². The molecule has 212 valence electrons. The molecule has 11 nitrogen and oxygen atoms in total. The first-order valence-corrected chi connectivity index (χ1v) is 12.5. The van der Waals surface area contributed by atoms with Gasteiger partial charge >= 0.3 is 12.0 Å². The number of rotatable bonds is 11. The summed E-state index contributed by atoms with van der Waals surface area (Å²) in [6.07, 6.45) is 3.56. The largest absolute Gasteiger partial charge is 0.493 e. The van der Waals surface area contributed by atoms with Gasteiger partial charge in [-0.05, 0) is 61.4 Å². The number of urea groups is 1. The van der Waals surface area contributed by atoms with Crippen LogP contribution in [0.3, 0.4) is 0 Å². The Hall–Kier alpha value is -5.32. The Morgan fingerprint density at radius 3 is 2.54 bits per heavy atom. The van der Waals surface area contributed by atoms with Gasteiger partial charge in [-0.25, -0.2) is 9.59 Å². The number of allylic oxidation sites excluding steroid dienone is 1. The third kappa shape index (κ3) is 6.82. The van der Waals surface area contributed by atoms with E-state index in [1.165, 1.54) is 32.4 Å². The summed E-state index contributed by atoms with van der Waals surface area (Å²) in [5, 5.41) is 5.34. The maximum Gasteiger partial charge on any atom is 0.373 e. The SMILES string of the molecule is C=CCc1cc(/C=C2\NC(=O)N(Cc3ccc(C(=O)OC)o3)C2=O)cc(OC)c1OCC(=O)Nc1ccc(C)cc1. The third-order valence-electron chi connectivity index (χ3n) is 6.06. The maximum atomic E-state index is 13.0. The normalized spacial score (nSPS) is 13.6. The number of aryl methyl sites for hydroxylation is 1. The number of ether oxygens (including phenoxy) is 3. The smallest absolute Gasteiger partial charge is 0.373 e. The third-order valence-corrected chi connectivity index (χ3v) is 6.06. The van der Waals surface area contributed by atoms with Crippen molar-refractivity contribution >= 4 is 35.6 Å². The lowest BCUT2D eigenvalue weighted by Gasteiger charge is -2.16. The number of imide groups is 1. The lowest BCUT2D eigenvalue weighted by atomic mass is 10.0. The molecule has 1 fully saturated rings. The summed E-state index contributed by atoms with van der Waals surface area (Å²) in [5.41, 5.74) is 2.97. The van der Waals surface area contributed by atoms with Crippen molar-refractivity contribution in [1.29, 1.82) is 0 Å². The van der Waals surface area contributed by atoms with Gasteiger partial charge in [0.05, 0.1) is 20.8 Å². The van der Waals surface area contributed by atoms with Crippen LogP contribution in [0.25, 0.3) is 6.08 Å². The average Bonchev–Trinajstić information content (AvgIpc) is 3.53. The summed E-state index contributed by atoms with van der Waals surface area (Å²) in [5.74, 6) is -0.711. The van der Waals surface area contributed by atoms with E-state index in [1.54, 1.807) is 30.3 Å². The maximum absolute atomic E-state index is 13.0. The molecule has 0 aliphatic carbocycles. The molecule has 0 radical (unpaired) electrons. The van der Waals surface area contributed by atoms with E-state index >= 15 is 0 Å². The number of nitrogens with zero attached hydrogens (tertiary/aromatic N) is 1. The highest BCUT2D eigenvalue weighted by atomic mass is 16.5. The second-order valence-electron chi connectivity index (χ2n) is 9.04. The topological polar surface area (TPSA) is 136 Å². The van der Waals surface area contributed by atoms with Crippen molar-refractivity contribution in [1.82, 2.24) is 10.2 Å². The van der Waals surface area contributed by atoms with Gasteiger partial charge < -0.3 is 29.3 Å². The Balaban J connectivity index is 1.51. The predicted octanol–water partition coefficient (Wildman–Crippen LogP) is 4.22. The van der Waals surface area contributed by atoms with Crippen LogP contribution in [0.1, 0.15) is 33.0 Å².